The number of nitrogens with zero attached hydrogens (tertiary/aromatic N) is 2. The SMILES string of the molecule is CCOc1ccc(C(NC)c2c(C)nn(C)c2C)cc1. The summed E-state index contributed by atoms with van der Waals surface area (Å²) >= 11 is 0. The minimum absolute atomic E-state index is 0.152. The Hall–Kier alpha value is -1.81. The Morgan fingerprint density at radius 1 is 1.25 bits per heavy atom. The Kier molecular flexibility index (Phi) is 4.45. The lowest BCUT2D eigenvalue weighted by Gasteiger charge is -2.18. The fraction of sp³-hybridized carbons (Fsp3) is 0.438. The Labute approximate surface area is 120 Å². The molecule has 1 unspecified atom stereocenters. The van der Waals surface area contributed by atoms with E-state index in [-0.39, 0.29) is 6.04 Å². The third-order valence-corrected chi connectivity index (χ3v) is 3.67. The molecule has 4 heteroatoms. The number of rotatable bonds is 5. The van der Waals surface area contributed by atoms with E-state index in [1.807, 2.05) is 37.8 Å². The zero-order valence-corrected chi connectivity index (χ0v) is 12.9. The van der Waals surface area contributed by atoms with Crippen molar-refractivity contribution in [3.05, 3.63) is 46.8 Å². The molecule has 0 aliphatic rings. The summed E-state index contributed by atoms with van der Waals surface area (Å²) in [7, 11) is 3.96. The average Bonchev–Trinajstić information content (AvgIpc) is 2.68. The second-order valence-electron chi connectivity index (χ2n) is 4.93. The molecule has 108 valence electrons. The third kappa shape index (κ3) is 2.70. The molecule has 1 atom stereocenters. The fourth-order valence-corrected chi connectivity index (χ4v) is 2.61. The predicted molar refractivity (Wildman–Crippen MR) is 81.2 cm³/mol. The Balaban J connectivity index is 2.36. The number of hydrogen-bond acceptors (Lipinski definition) is 3. The van der Waals surface area contributed by atoms with Gasteiger partial charge in [0.05, 0.1) is 18.3 Å². The molecule has 0 saturated carbocycles. The standard InChI is InChI=1S/C16H23N3O/c1-6-20-14-9-7-13(8-10-14)16(17-4)15-11(2)18-19(5)12(15)3/h7-10,16-17H,6H2,1-5H3. The van der Waals surface area contributed by atoms with Gasteiger partial charge in [-0.05, 0) is 45.5 Å². The lowest BCUT2D eigenvalue weighted by atomic mass is 9.97. The molecule has 0 radical (unpaired) electrons. The van der Waals surface area contributed by atoms with Crippen LogP contribution in [0.3, 0.4) is 0 Å². The molecule has 2 aromatic rings. The molecular weight excluding hydrogens is 250 g/mol. The zero-order chi connectivity index (χ0) is 14.7. The van der Waals surface area contributed by atoms with Crippen LogP contribution in [0.2, 0.25) is 0 Å². The number of benzene rings is 1. The van der Waals surface area contributed by atoms with Crippen molar-refractivity contribution in [1.82, 2.24) is 15.1 Å². The van der Waals surface area contributed by atoms with E-state index in [4.69, 9.17) is 4.74 Å². The van der Waals surface area contributed by atoms with Gasteiger partial charge in [-0.1, -0.05) is 12.1 Å². The monoisotopic (exact) mass is 273 g/mol. The van der Waals surface area contributed by atoms with Crippen molar-refractivity contribution in [2.24, 2.45) is 7.05 Å². The van der Waals surface area contributed by atoms with E-state index in [0.29, 0.717) is 6.61 Å². The Bertz CT molecular complexity index is 572. The molecule has 0 amide bonds. The summed E-state index contributed by atoms with van der Waals surface area (Å²) in [6, 6.07) is 8.41. The molecule has 20 heavy (non-hydrogen) atoms. The molecule has 2 rings (SSSR count). The lowest BCUT2D eigenvalue weighted by Crippen LogP contribution is -2.19. The molecule has 0 spiro atoms. The van der Waals surface area contributed by atoms with Gasteiger partial charge in [0.1, 0.15) is 5.75 Å². The fourth-order valence-electron chi connectivity index (χ4n) is 2.61. The van der Waals surface area contributed by atoms with Crippen molar-refractivity contribution in [2.75, 3.05) is 13.7 Å². The van der Waals surface area contributed by atoms with Crippen LogP contribution in [0.4, 0.5) is 0 Å². The third-order valence-electron chi connectivity index (χ3n) is 3.67. The molecule has 0 aliphatic heterocycles. The van der Waals surface area contributed by atoms with Crippen LogP contribution in [-0.2, 0) is 7.05 Å². The second-order valence-corrected chi connectivity index (χ2v) is 4.93. The van der Waals surface area contributed by atoms with E-state index in [9.17, 15) is 0 Å². The highest BCUT2D eigenvalue weighted by atomic mass is 16.5. The topological polar surface area (TPSA) is 39.1 Å². The first-order chi connectivity index (χ1) is 9.58. The van der Waals surface area contributed by atoms with Gasteiger partial charge in [0.2, 0.25) is 0 Å². The van der Waals surface area contributed by atoms with Crippen LogP contribution in [0.1, 0.15) is 35.5 Å². The Morgan fingerprint density at radius 3 is 2.35 bits per heavy atom. The number of nitrogens with one attached hydrogen (secondary N) is 1. The van der Waals surface area contributed by atoms with Gasteiger partial charge < -0.3 is 10.1 Å². The van der Waals surface area contributed by atoms with Crippen LogP contribution < -0.4 is 10.1 Å². The molecule has 1 aromatic heterocycles. The first-order valence-corrected chi connectivity index (χ1v) is 6.98. The number of ether oxygens (including phenoxy) is 1. The molecular formula is C16H23N3O. The van der Waals surface area contributed by atoms with Gasteiger partial charge >= 0.3 is 0 Å². The van der Waals surface area contributed by atoms with Crippen molar-refractivity contribution in [3.63, 3.8) is 0 Å². The van der Waals surface area contributed by atoms with Crippen LogP contribution in [0.5, 0.6) is 5.75 Å². The molecule has 0 saturated heterocycles. The summed E-state index contributed by atoms with van der Waals surface area (Å²) in [5.74, 6) is 0.908. The molecule has 1 N–H and O–H groups in total. The summed E-state index contributed by atoms with van der Waals surface area (Å²) in [4.78, 5) is 0. The van der Waals surface area contributed by atoms with Crippen LogP contribution in [0, 0.1) is 13.8 Å². The summed E-state index contributed by atoms with van der Waals surface area (Å²) in [6.07, 6.45) is 0. The number of hydrogen-bond donors (Lipinski definition) is 1. The van der Waals surface area contributed by atoms with Gasteiger partial charge in [-0.2, -0.15) is 5.10 Å². The van der Waals surface area contributed by atoms with Crippen molar-refractivity contribution >= 4 is 0 Å². The van der Waals surface area contributed by atoms with Gasteiger partial charge in [-0.3, -0.25) is 4.68 Å². The van der Waals surface area contributed by atoms with Crippen LogP contribution in [0.25, 0.3) is 0 Å². The van der Waals surface area contributed by atoms with Crippen LogP contribution in [0.15, 0.2) is 24.3 Å². The van der Waals surface area contributed by atoms with E-state index in [1.54, 1.807) is 0 Å². The van der Waals surface area contributed by atoms with E-state index < -0.39 is 0 Å². The highest BCUT2D eigenvalue weighted by Crippen LogP contribution is 2.28. The van der Waals surface area contributed by atoms with Crippen LogP contribution in [-0.4, -0.2) is 23.4 Å². The molecule has 0 aliphatic carbocycles. The van der Waals surface area contributed by atoms with E-state index in [0.717, 1.165) is 11.4 Å². The van der Waals surface area contributed by atoms with Crippen molar-refractivity contribution in [1.29, 1.82) is 0 Å². The van der Waals surface area contributed by atoms with Crippen LogP contribution >= 0.6 is 0 Å². The second kappa shape index (κ2) is 6.09. The first kappa shape index (κ1) is 14.6. The number of aromatic nitrogens is 2. The highest BCUT2D eigenvalue weighted by Gasteiger charge is 2.20. The zero-order valence-electron chi connectivity index (χ0n) is 12.9. The first-order valence-electron chi connectivity index (χ1n) is 6.98. The minimum Gasteiger partial charge on any atom is -0.494 e. The predicted octanol–water partition coefficient (Wildman–Crippen LogP) is 2.74. The summed E-state index contributed by atoms with van der Waals surface area (Å²) in [6.45, 7) is 6.85. The molecule has 0 bridgehead atoms. The molecule has 4 nitrogen and oxygen atoms in total. The maximum atomic E-state index is 5.49. The molecule has 1 aromatic carbocycles. The van der Waals surface area contributed by atoms with Crippen molar-refractivity contribution < 1.29 is 4.74 Å². The van der Waals surface area contributed by atoms with E-state index in [2.05, 4.69) is 36.4 Å². The van der Waals surface area contributed by atoms with E-state index in [1.165, 1.54) is 16.8 Å². The molecule has 1 heterocycles. The van der Waals surface area contributed by atoms with Gasteiger partial charge in [0.25, 0.3) is 0 Å². The number of aryl methyl sites for hydroxylation is 2. The average molecular weight is 273 g/mol. The van der Waals surface area contributed by atoms with Gasteiger partial charge in [0.15, 0.2) is 0 Å². The normalized spacial score (nSPS) is 12.4. The highest BCUT2D eigenvalue weighted by molar-refractivity contribution is 5.39. The van der Waals surface area contributed by atoms with E-state index >= 15 is 0 Å². The lowest BCUT2D eigenvalue weighted by molar-refractivity contribution is 0.340. The summed E-state index contributed by atoms with van der Waals surface area (Å²) < 4.78 is 7.43. The van der Waals surface area contributed by atoms with Gasteiger partial charge in [-0.15, -0.1) is 0 Å². The quantitative estimate of drug-likeness (QED) is 0.910. The summed E-state index contributed by atoms with van der Waals surface area (Å²) in [5, 5.41) is 7.89. The van der Waals surface area contributed by atoms with Gasteiger partial charge in [0, 0.05) is 18.3 Å². The van der Waals surface area contributed by atoms with Gasteiger partial charge in [-0.25, -0.2) is 0 Å². The van der Waals surface area contributed by atoms with Crippen molar-refractivity contribution in [3.8, 4) is 5.75 Å². The van der Waals surface area contributed by atoms with Crippen molar-refractivity contribution in [2.45, 2.75) is 26.8 Å². The summed E-state index contributed by atoms with van der Waals surface area (Å²) in [5.41, 5.74) is 4.73. The largest absolute Gasteiger partial charge is 0.494 e. The Morgan fingerprint density at radius 2 is 1.90 bits per heavy atom. The minimum atomic E-state index is 0.152. The smallest absolute Gasteiger partial charge is 0.119 e. The maximum absolute atomic E-state index is 5.49. The maximum Gasteiger partial charge on any atom is 0.119 e. The molecule has 0 fully saturated rings.